The minimum absolute atomic E-state index is 0.0912. The molecule has 9 heteroatoms. The molecule has 0 aromatic heterocycles. The van der Waals surface area contributed by atoms with Crippen molar-refractivity contribution in [2.75, 3.05) is 6.54 Å². The Hall–Kier alpha value is -4.34. The summed E-state index contributed by atoms with van der Waals surface area (Å²) < 4.78 is 0. The van der Waals surface area contributed by atoms with Gasteiger partial charge >= 0.3 is 11.9 Å². The van der Waals surface area contributed by atoms with Crippen LogP contribution in [0.25, 0.3) is 0 Å². The van der Waals surface area contributed by atoms with E-state index in [2.05, 4.69) is 18.7 Å². The molecule has 0 fully saturated rings. The molecule has 0 spiro atoms. The number of nitrogens with zero attached hydrogens (tertiary/aromatic N) is 1. The van der Waals surface area contributed by atoms with Crippen LogP contribution in [-0.2, 0) is 21.7 Å². The van der Waals surface area contributed by atoms with Gasteiger partial charge in [0.1, 0.15) is 17.2 Å². The molecule has 0 aliphatic rings. The fourth-order valence-electron chi connectivity index (χ4n) is 3.61. The van der Waals surface area contributed by atoms with E-state index in [1.807, 2.05) is 42.5 Å². The Morgan fingerprint density at radius 1 is 0.811 bits per heavy atom. The maximum absolute atomic E-state index is 10.9. The molecule has 0 heterocycles. The lowest BCUT2D eigenvalue weighted by Gasteiger charge is -2.40. The molecule has 0 bridgehead atoms. The molecule has 0 aliphatic carbocycles. The SMILES string of the molecule is CC(C)(c1ccc(O)cc1)N(Cc1ccccc1)C[C@H](O)c1cc(O)cc(O)c1.O=C(O)/C=C/C(=O)O. The highest BCUT2D eigenvalue weighted by Crippen LogP contribution is 2.33. The molecule has 6 N–H and O–H groups in total. The van der Waals surface area contributed by atoms with Gasteiger partial charge in [-0.1, -0.05) is 42.5 Å². The molecule has 3 aromatic carbocycles. The fraction of sp³-hybridized carbons (Fsp3) is 0.214. The van der Waals surface area contributed by atoms with Crippen LogP contribution in [0.15, 0.2) is 84.9 Å². The molecule has 3 rings (SSSR count). The van der Waals surface area contributed by atoms with Gasteiger partial charge in [-0.3, -0.25) is 4.90 Å². The van der Waals surface area contributed by atoms with Gasteiger partial charge in [0.2, 0.25) is 0 Å². The van der Waals surface area contributed by atoms with E-state index in [-0.39, 0.29) is 23.8 Å². The van der Waals surface area contributed by atoms with Crippen molar-refractivity contribution in [2.24, 2.45) is 0 Å². The lowest BCUT2D eigenvalue weighted by atomic mass is 9.90. The number of aromatic hydroxyl groups is 3. The Bertz CT molecular complexity index is 1170. The third kappa shape index (κ3) is 9.32. The minimum atomic E-state index is -1.26. The first-order valence-corrected chi connectivity index (χ1v) is 11.3. The fourth-order valence-corrected chi connectivity index (χ4v) is 3.61. The van der Waals surface area contributed by atoms with Crippen molar-refractivity contribution >= 4 is 11.9 Å². The molecule has 1 atom stereocenters. The number of benzene rings is 3. The number of phenolic OH excluding ortho intramolecular Hbond substituents is 3. The Morgan fingerprint density at radius 3 is 1.81 bits per heavy atom. The number of hydrogen-bond donors (Lipinski definition) is 6. The molecule has 9 nitrogen and oxygen atoms in total. The maximum atomic E-state index is 10.9. The average Bonchev–Trinajstić information content (AvgIpc) is 2.83. The van der Waals surface area contributed by atoms with Crippen molar-refractivity contribution in [1.29, 1.82) is 0 Å². The predicted molar refractivity (Wildman–Crippen MR) is 137 cm³/mol. The number of carbonyl (C=O) groups is 2. The molecule has 0 aliphatic heterocycles. The van der Waals surface area contributed by atoms with E-state index >= 15 is 0 Å². The van der Waals surface area contributed by atoms with Gasteiger partial charge in [-0.15, -0.1) is 0 Å². The number of phenols is 3. The van der Waals surface area contributed by atoms with E-state index in [1.54, 1.807) is 12.1 Å². The van der Waals surface area contributed by atoms with Crippen LogP contribution in [0.2, 0.25) is 0 Å². The van der Waals surface area contributed by atoms with Crippen LogP contribution in [0.5, 0.6) is 17.2 Å². The zero-order chi connectivity index (χ0) is 27.6. The van der Waals surface area contributed by atoms with Gasteiger partial charge in [-0.25, -0.2) is 9.59 Å². The number of aliphatic carboxylic acids is 2. The molecule has 0 unspecified atom stereocenters. The van der Waals surface area contributed by atoms with Crippen LogP contribution >= 0.6 is 0 Å². The quantitative estimate of drug-likeness (QED) is 0.235. The molecule has 0 saturated carbocycles. The minimum Gasteiger partial charge on any atom is -0.508 e. The molecule has 3 aromatic rings. The monoisotopic (exact) mass is 509 g/mol. The van der Waals surface area contributed by atoms with Gasteiger partial charge < -0.3 is 30.6 Å². The molecule has 0 saturated heterocycles. The van der Waals surface area contributed by atoms with E-state index in [1.165, 1.54) is 18.2 Å². The third-order valence-electron chi connectivity index (χ3n) is 5.65. The molecule has 37 heavy (non-hydrogen) atoms. The van der Waals surface area contributed by atoms with Gasteiger partial charge in [-0.2, -0.15) is 0 Å². The maximum Gasteiger partial charge on any atom is 0.328 e. The van der Waals surface area contributed by atoms with Crippen LogP contribution in [0, 0.1) is 0 Å². The largest absolute Gasteiger partial charge is 0.508 e. The standard InChI is InChI=1S/C24H27NO4.C4H4O4/c1-24(2,19-8-10-20(26)11-9-19)25(15-17-6-4-3-5-7-17)16-23(29)18-12-21(27)14-22(28)13-18;5-3(6)1-2-4(7)8/h3-14,23,26-29H,15-16H2,1-2H3;1-2H,(H,5,6)(H,7,8)/b;2-1+/t23-;/m0./s1. The molecular weight excluding hydrogens is 478 g/mol. The second kappa shape index (κ2) is 13.1. The van der Waals surface area contributed by atoms with E-state index in [9.17, 15) is 30.0 Å². The summed E-state index contributed by atoms with van der Waals surface area (Å²) in [6.07, 6.45) is 0.207. The zero-order valence-corrected chi connectivity index (χ0v) is 20.5. The van der Waals surface area contributed by atoms with E-state index < -0.39 is 23.6 Å². The predicted octanol–water partition coefficient (Wildman–Crippen LogP) is 3.99. The van der Waals surface area contributed by atoms with Crippen molar-refractivity contribution in [3.63, 3.8) is 0 Å². The van der Waals surface area contributed by atoms with E-state index in [0.29, 0.717) is 24.3 Å². The number of aliphatic hydroxyl groups excluding tert-OH is 1. The van der Waals surface area contributed by atoms with Crippen LogP contribution in [0.3, 0.4) is 0 Å². The Kier molecular flexibility index (Phi) is 10.2. The van der Waals surface area contributed by atoms with Crippen LogP contribution in [0.4, 0.5) is 0 Å². The Labute approximate surface area is 214 Å². The summed E-state index contributed by atoms with van der Waals surface area (Å²) in [7, 11) is 0. The smallest absolute Gasteiger partial charge is 0.328 e. The van der Waals surface area contributed by atoms with Gasteiger partial charge in [0, 0.05) is 36.8 Å². The summed E-state index contributed by atoms with van der Waals surface area (Å²) in [5, 5.41) is 55.7. The number of rotatable bonds is 9. The summed E-state index contributed by atoms with van der Waals surface area (Å²) in [5.74, 6) is -2.49. The van der Waals surface area contributed by atoms with Crippen molar-refractivity contribution < 1.29 is 40.2 Å². The highest BCUT2D eigenvalue weighted by Gasteiger charge is 2.31. The van der Waals surface area contributed by atoms with E-state index in [4.69, 9.17) is 10.2 Å². The van der Waals surface area contributed by atoms with E-state index in [0.717, 1.165) is 11.1 Å². The second-order valence-electron chi connectivity index (χ2n) is 8.78. The Balaban J connectivity index is 0.000000521. The molecular formula is C28H31NO8. The highest BCUT2D eigenvalue weighted by molar-refractivity contribution is 5.89. The third-order valence-corrected chi connectivity index (χ3v) is 5.65. The Morgan fingerprint density at radius 2 is 1.32 bits per heavy atom. The van der Waals surface area contributed by atoms with Gasteiger partial charge in [-0.05, 0) is 54.8 Å². The lowest BCUT2D eigenvalue weighted by molar-refractivity contribution is -0.134. The topological polar surface area (TPSA) is 159 Å². The number of hydrogen-bond acceptors (Lipinski definition) is 7. The summed E-state index contributed by atoms with van der Waals surface area (Å²) in [6.45, 7) is 5.01. The number of aliphatic hydroxyl groups is 1. The highest BCUT2D eigenvalue weighted by atomic mass is 16.4. The van der Waals surface area contributed by atoms with Crippen molar-refractivity contribution in [2.45, 2.75) is 32.0 Å². The molecule has 0 amide bonds. The van der Waals surface area contributed by atoms with Crippen molar-refractivity contribution in [3.05, 3.63) is 102 Å². The number of carboxylic acids is 2. The number of carboxylic acid groups (broad SMARTS) is 2. The summed E-state index contributed by atoms with van der Waals surface area (Å²) in [4.78, 5) is 21.2. The zero-order valence-electron chi connectivity index (χ0n) is 20.5. The average molecular weight is 510 g/mol. The van der Waals surface area contributed by atoms with Crippen molar-refractivity contribution in [3.8, 4) is 17.2 Å². The van der Waals surface area contributed by atoms with Gasteiger partial charge in [0.15, 0.2) is 0 Å². The first-order chi connectivity index (χ1) is 17.4. The molecule has 0 radical (unpaired) electrons. The van der Waals surface area contributed by atoms with Crippen LogP contribution in [-0.4, -0.2) is 54.0 Å². The van der Waals surface area contributed by atoms with Crippen molar-refractivity contribution in [1.82, 2.24) is 4.90 Å². The van der Waals surface area contributed by atoms with Gasteiger partial charge in [0.05, 0.1) is 6.10 Å². The normalized spacial score (nSPS) is 12.1. The summed E-state index contributed by atoms with van der Waals surface area (Å²) >= 11 is 0. The first-order valence-electron chi connectivity index (χ1n) is 11.3. The first kappa shape index (κ1) is 28.9. The van der Waals surface area contributed by atoms with Gasteiger partial charge in [0.25, 0.3) is 0 Å². The summed E-state index contributed by atoms with van der Waals surface area (Å²) in [6, 6.07) is 21.2. The molecule has 196 valence electrons. The second-order valence-corrected chi connectivity index (χ2v) is 8.78. The van der Waals surface area contributed by atoms with Crippen LogP contribution in [0.1, 0.15) is 36.6 Å². The lowest BCUT2D eigenvalue weighted by Crippen LogP contribution is -2.43. The van der Waals surface area contributed by atoms with Crippen LogP contribution < -0.4 is 0 Å². The summed E-state index contributed by atoms with van der Waals surface area (Å²) in [5.41, 5.74) is 2.09.